The Hall–Kier alpha value is -3.34. The Balaban J connectivity index is 1.38. The van der Waals surface area contributed by atoms with E-state index < -0.39 is 5.76 Å². The van der Waals surface area contributed by atoms with Crippen molar-refractivity contribution in [2.75, 3.05) is 5.32 Å². The Morgan fingerprint density at radius 3 is 2.67 bits per heavy atom. The molecule has 3 saturated carbocycles. The van der Waals surface area contributed by atoms with E-state index in [4.69, 9.17) is 24.5 Å². The summed E-state index contributed by atoms with van der Waals surface area (Å²) in [7, 11) is 0. The van der Waals surface area contributed by atoms with Crippen LogP contribution in [0.15, 0.2) is 33.5 Å². The molecule has 7 rings (SSSR count). The largest absolute Gasteiger partial charge is 0.439 e. The topological polar surface area (TPSA) is 127 Å². The lowest BCUT2D eigenvalue weighted by molar-refractivity contribution is 0.280. The van der Waals surface area contributed by atoms with Crippen molar-refractivity contribution in [1.29, 1.82) is 0 Å². The van der Waals surface area contributed by atoms with Crippen molar-refractivity contribution in [3.8, 4) is 11.6 Å². The summed E-state index contributed by atoms with van der Waals surface area (Å²) >= 11 is 1.70. The Bertz CT molecular complexity index is 1540. The minimum absolute atomic E-state index is 0.188. The van der Waals surface area contributed by atoms with Gasteiger partial charge in [-0.2, -0.15) is 0 Å². The van der Waals surface area contributed by atoms with Crippen LogP contribution in [0.2, 0.25) is 0 Å². The summed E-state index contributed by atoms with van der Waals surface area (Å²) in [5.74, 6) is 3.42. The first-order valence-electron chi connectivity index (χ1n) is 14.2. The number of hydrogen-bond donors (Lipinski definition) is 2. The molecule has 0 saturated heterocycles. The molecule has 4 heterocycles. The second kappa shape index (κ2) is 9.69. The van der Waals surface area contributed by atoms with Gasteiger partial charge in [-0.3, -0.25) is 9.51 Å². The zero-order chi connectivity index (χ0) is 26.6. The lowest BCUT2D eigenvalue weighted by Crippen LogP contribution is -2.31. The van der Waals surface area contributed by atoms with Crippen molar-refractivity contribution in [3.05, 3.63) is 45.6 Å². The van der Waals surface area contributed by atoms with Gasteiger partial charge in [-0.25, -0.2) is 24.7 Å². The molecule has 0 bridgehead atoms. The highest BCUT2D eigenvalue weighted by molar-refractivity contribution is 7.09. The Labute approximate surface area is 230 Å². The van der Waals surface area contributed by atoms with Crippen LogP contribution in [0, 0.1) is 17.8 Å². The van der Waals surface area contributed by atoms with Crippen molar-refractivity contribution < 1.29 is 4.52 Å². The number of aromatic amines is 1. The van der Waals surface area contributed by atoms with E-state index in [1.54, 1.807) is 11.3 Å². The van der Waals surface area contributed by atoms with Gasteiger partial charge < -0.3 is 9.88 Å². The molecule has 3 aliphatic carbocycles. The lowest BCUT2D eigenvalue weighted by Gasteiger charge is -2.32. The molecule has 0 aromatic carbocycles. The van der Waals surface area contributed by atoms with Gasteiger partial charge in [0.05, 0.1) is 5.41 Å². The number of allylic oxidation sites excluding steroid dienone is 1. The summed E-state index contributed by atoms with van der Waals surface area (Å²) in [6.07, 6.45) is 14.4. The van der Waals surface area contributed by atoms with Crippen LogP contribution in [0.25, 0.3) is 22.8 Å². The summed E-state index contributed by atoms with van der Waals surface area (Å²) in [5.41, 5.74) is 1.36. The molecule has 0 spiro atoms. The van der Waals surface area contributed by atoms with E-state index >= 15 is 0 Å². The van der Waals surface area contributed by atoms with Crippen molar-refractivity contribution in [1.82, 2.24) is 34.6 Å². The second-order valence-electron chi connectivity index (χ2n) is 11.6. The summed E-state index contributed by atoms with van der Waals surface area (Å²) in [5, 5.41) is 10.8. The van der Waals surface area contributed by atoms with E-state index in [2.05, 4.69) is 39.6 Å². The first-order chi connectivity index (χ1) is 19.0. The fraction of sp³-hybridized carbons (Fsp3) is 0.571. The fourth-order valence-corrected chi connectivity index (χ4v) is 7.26. The van der Waals surface area contributed by atoms with Crippen LogP contribution in [-0.2, 0) is 12.0 Å². The standard InChI is InChI=1S/C28H34N8O2S/c1-3-17-7-9-18(10-8-17)15-36-20-21(30-16(2)19-5-4-6-19)31-23(24-34-27(37)38-35-24)32-22(20)33-25(36)28(11-12-28)26-29-13-14-39-26/h3,13-14,16-19H,1,4-12,15H2,2H3,(H,30,31,32)(H,34,35,37). The summed E-state index contributed by atoms with van der Waals surface area (Å²) in [6.45, 7) is 7.13. The first kappa shape index (κ1) is 24.7. The van der Waals surface area contributed by atoms with Crippen LogP contribution in [0.5, 0.6) is 0 Å². The van der Waals surface area contributed by atoms with E-state index in [0.717, 1.165) is 41.6 Å². The Kier molecular flexibility index (Phi) is 6.13. The third-order valence-electron chi connectivity index (χ3n) is 9.16. The van der Waals surface area contributed by atoms with Crippen LogP contribution in [-0.4, -0.2) is 40.7 Å². The minimum atomic E-state index is -0.631. The second-order valence-corrected chi connectivity index (χ2v) is 12.5. The lowest BCUT2D eigenvalue weighted by atomic mass is 9.80. The molecule has 1 atom stereocenters. The summed E-state index contributed by atoms with van der Waals surface area (Å²) < 4.78 is 7.17. The summed E-state index contributed by atoms with van der Waals surface area (Å²) in [6, 6.07) is 0.254. The number of aromatic nitrogens is 7. The average molecular weight is 547 g/mol. The molecular weight excluding hydrogens is 512 g/mol. The quantitative estimate of drug-likeness (QED) is 0.271. The molecule has 3 aliphatic rings. The normalized spacial score (nSPS) is 23.4. The highest BCUT2D eigenvalue weighted by atomic mass is 32.1. The number of nitrogens with zero attached hydrogens (tertiary/aromatic N) is 6. The highest BCUT2D eigenvalue weighted by Crippen LogP contribution is 2.54. The third kappa shape index (κ3) is 4.40. The minimum Gasteiger partial charge on any atom is -0.365 e. The van der Waals surface area contributed by atoms with Gasteiger partial charge in [0.2, 0.25) is 11.6 Å². The van der Waals surface area contributed by atoms with Crippen LogP contribution >= 0.6 is 11.3 Å². The molecule has 0 radical (unpaired) electrons. The number of imidazole rings is 1. The third-order valence-corrected chi connectivity index (χ3v) is 10.1. The highest BCUT2D eigenvalue weighted by Gasteiger charge is 2.52. The maximum atomic E-state index is 11.7. The molecule has 0 amide bonds. The molecule has 204 valence electrons. The zero-order valence-electron chi connectivity index (χ0n) is 22.2. The van der Waals surface area contributed by atoms with Gasteiger partial charge in [0, 0.05) is 24.2 Å². The molecule has 10 nitrogen and oxygen atoms in total. The van der Waals surface area contributed by atoms with Gasteiger partial charge in [-0.1, -0.05) is 17.7 Å². The van der Waals surface area contributed by atoms with E-state index in [0.29, 0.717) is 29.2 Å². The van der Waals surface area contributed by atoms with Crippen molar-refractivity contribution in [2.24, 2.45) is 17.8 Å². The molecule has 4 aromatic heterocycles. The van der Waals surface area contributed by atoms with Crippen molar-refractivity contribution in [2.45, 2.75) is 82.7 Å². The maximum Gasteiger partial charge on any atom is 0.439 e. The molecule has 0 aliphatic heterocycles. The monoisotopic (exact) mass is 546 g/mol. The van der Waals surface area contributed by atoms with E-state index in [-0.39, 0.29) is 17.3 Å². The molecule has 2 N–H and O–H groups in total. The zero-order valence-corrected chi connectivity index (χ0v) is 23.0. The Morgan fingerprint density at radius 2 is 2.05 bits per heavy atom. The Morgan fingerprint density at radius 1 is 1.23 bits per heavy atom. The van der Waals surface area contributed by atoms with Gasteiger partial charge in [0.1, 0.15) is 16.3 Å². The summed E-state index contributed by atoms with van der Waals surface area (Å²) in [4.78, 5) is 34.0. The number of nitrogens with one attached hydrogen (secondary N) is 2. The molecule has 39 heavy (non-hydrogen) atoms. The van der Waals surface area contributed by atoms with Crippen molar-refractivity contribution in [3.63, 3.8) is 0 Å². The predicted molar refractivity (Wildman–Crippen MR) is 150 cm³/mol. The van der Waals surface area contributed by atoms with Crippen LogP contribution < -0.4 is 11.1 Å². The van der Waals surface area contributed by atoms with E-state index in [1.807, 2.05) is 11.6 Å². The smallest absolute Gasteiger partial charge is 0.365 e. The number of fused-ring (bicyclic) bond motifs is 1. The van der Waals surface area contributed by atoms with E-state index in [9.17, 15) is 4.79 Å². The van der Waals surface area contributed by atoms with Crippen LogP contribution in [0.1, 0.15) is 75.5 Å². The molecular formula is C28H34N8O2S. The molecule has 4 aromatic rings. The number of thiazole rings is 1. The first-order valence-corrected chi connectivity index (χ1v) is 15.1. The van der Waals surface area contributed by atoms with Crippen LogP contribution in [0.3, 0.4) is 0 Å². The van der Waals surface area contributed by atoms with Crippen LogP contribution in [0.4, 0.5) is 5.82 Å². The maximum absolute atomic E-state index is 11.7. The molecule has 11 heteroatoms. The van der Waals surface area contributed by atoms with Gasteiger partial charge in [0.25, 0.3) is 0 Å². The van der Waals surface area contributed by atoms with Gasteiger partial charge in [0.15, 0.2) is 11.5 Å². The predicted octanol–water partition coefficient (Wildman–Crippen LogP) is 5.30. The van der Waals surface area contributed by atoms with Crippen molar-refractivity contribution >= 4 is 28.3 Å². The number of rotatable bonds is 9. The fourth-order valence-electron chi connectivity index (χ4n) is 6.37. The molecule has 3 fully saturated rings. The number of hydrogen-bond acceptors (Lipinski definition) is 9. The average Bonchev–Trinajstić information content (AvgIpc) is 3.25. The van der Waals surface area contributed by atoms with Gasteiger partial charge >= 0.3 is 5.76 Å². The van der Waals surface area contributed by atoms with Gasteiger partial charge in [-0.15, -0.1) is 17.9 Å². The molecule has 1 unspecified atom stereocenters. The number of H-pyrrole nitrogens is 1. The SMILES string of the molecule is C=CC1CCC(Cn2c(C3(c4nccs4)CC3)nc3nc(-c4noc(=O)[nH]4)nc(NC(C)C4CCC4)c32)CC1. The van der Waals surface area contributed by atoms with E-state index in [1.165, 1.54) is 44.9 Å². The number of anilines is 1. The van der Waals surface area contributed by atoms with Gasteiger partial charge in [-0.05, 0) is 76.0 Å².